The molecule has 0 aliphatic carbocycles. The van der Waals surface area contributed by atoms with E-state index in [4.69, 9.17) is 27.9 Å². The smallest absolute Gasteiger partial charge is 0.389 e. The van der Waals surface area contributed by atoms with Crippen molar-refractivity contribution in [1.29, 1.82) is 0 Å². The zero-order valence-electron chi connectivity index (χ0n) is 11.1. The SMILES string of the molecule is OC(CNCCCC(F)(F)F)COc1ccc(Cl)c(Cl)c1. The second kappa shape index (κ2) is 8.68. The number of alkyl halides is 3. The van der Waals surface area contributed by atoms with Gasteiger partial charge in [0.15, 0.2) is 0 Å². The number of rotatable bonds is 8. The lowest BCUT2D eigenvalue weighted by molar-refractivity contribution is -0.135. The first-order valence-electron chi connectivity index (χ1n) is 6.31. The van der Waals surface area contributed by atoms with Crippen molar-refractivity contribution in [1.82, 2.24) is 5.32 Å². The lowest BCUT2D eigenvalue weighted by atomic mass is 10.3. The molecule has 3 nitrogen and oxygen atoms in total. The number of halogens is 5. The summed E-state index contributed by atoms with van der Waals surface area (Å²) in [5, 5.41) is 13.1. The summed E-state index contributed by atoms with van der Waals surface area (Å²) >= 11 is 11.6. The zero-order valence-corrected chi connectivity index (χ0v) is 12.6. The number of benzene rings is 1. The van der Waals surface area contributed by atoms with E-state index in [-0.39, 0.29) is 26.1 Å². The van der Waals surface area contributed by atoms with Gasteiger partial charge in [0, 0.05) is 19.0 Å². The van der Waals surface area contributed by atoms with Gasteiger partial charge in [0.05, 0.1) is 10.0 Å². The zero-order chi connectivity index (χ0) is 15.9. The van der Waals surface area contributed by atoms with Crippen molar-refractivity contribution in [3.8, 4) is 5.75 Å². The van der Waals surface area contributed by atoms with Gasteiger partial charge < -0.3 is 15.2 Å². The molecule has 0 bridgehead atoms. The van der Waals surface area contributed by atoms with Crippen LogP contribution >= 0.6 is 23.2 Å². The third-order valence-corrected chi connectivity index (χ3v) is 3.27. The van der Waals surface area contributed by atoms with E-state index in [1.807, 2.05) is 0 Å². The van der Waals surface area contributed by atoms with Crippen molar-refractivity contribution >= 4 is 23.2 Å². The van der Waals surface area contributed by atoms with Gasteiger partial charge in [-0.15, -0.1) is 0 Å². The van der Waals surface area contributed by atoms with Gasteiger partial charge in [0.25, 0.3) is 0 Å². The third kappa shape index (κ3) is 8.36. The average molecular weight is 346 g/mol. The van der Waals surface area contributed by atoms with Crippen molar-refractivity contribution in [3.05, 3.63) is 28.2 Å². The fourth-order valence-corrected chi connectivity index (χ4v) is 1.79. The van der Waals surface area contributed by atoms with Gasteiger partial charge in [-0.2, -0.15) is 13.2 Å². The van der Waals surface area contributed by atoms with Crippen LogP contribution in [0, 0.1) is 0 Å². The molecule has 1 atom stereocenters. The molecule has 2 N–H and O–H groups in total. The molecule has 1 aromatic carbocycles. The normalized spacial score (nSPS) is 13.2. The molecule has 1 aromatic rings. The van der Waals surface area contributed by atoms with Gasteiger partial charge in [-0.05, 0) is 25.1 Å². The van der Waals surface area contributed by atoms with E-state index in [0.717, 1.165) is 0 Å². The summed E-state index contributed by atoms with van der Waals surface area (Å²) in [4.78, 5) is 0. The summed E-state index contributed by atoms with van der Waals surface area (Å²) in [7, 11) is 0. The molecule has 1 rings (SSSR count). The number of hydrogen-bond donors (Lipinski definition) is 2. The Morgan fingerprint density at radius 3 is 2.57 bits per heavy atom. The molecule has 0 saturated carbocycles. The Kier molecular flexibility index (Phi) is 7.59. The third-order valence-electron chi connectivity index (χ3n) is 2.53. The minimum Gasteiger partial charge on any atom is -0.491 e. The number of nitrogens with one attached hydrogen (secondary N) is 1. The van der Waals surface area contributed by atoms with Crippen molar-refractivity contribution in [3.63, 3.8) is 0 Å². The number of aliphatic hydroxyl groups is 1. The predicted molar refractivity (Wildman–Crippen MR) is 76.1 cm³/mol. The van der Waals surface area contributed by atoms with E-state index in [9.17, 15) is 18.3 Å². The lowest BCUT2D eigenvalue weighted by Gasteiger charge is -2.14. The molecule has 0 aliphatic heterocycles. The topological polar surface area (TPSA) is 41.5 Å². The summed E-state index contributed by atoms with van der Waals surface area (Å²) in [5.41, 5.74) is 0. The van der Waals surface area contributed by atoms with Gasteiger partial charge in [-0.3, -0.25) is 0 Å². The Hall–Kier alpha value is -0.690. The number of aliphatic hydroxyl groups excluding tert-OH is 1. The Bertz CT molecular complexity index is 444. The van der Waals surface area contributed by atoms with E-state index >= 15 is 0 Å². The average Bonchev–Trinajstić information content (AvgIpc) is 2.38. The van der Waals surface area contributed by atoms with Crippen LogP contribution in [0.1, 0.15) is 12.8 Å². The van der Waals surface area contributed by atoms with Crippen LogP contribution in [0.15, 0.2) is 18.2 Å². The molecule has 0 aliphatic rings. The highest BCUT2D eigenvalue weighted by molar-refractivity contribution is 6.42. The van der Waals surface area contributed by atoms with Gasteiger partial charge >= 0.3 is 6.18 Å². The first-order valence-corrected chi connectivity index (χ1v) is 7.07. The van der Waals surface area contributed by atoms with Gasteiger partial charge in [-0.1, -0.05) is 23.2 Å². The molecule has 0 aromatic heterocycles. The van der Waals surface area contributed by atoms with Crippen LogP contribution in [-0.4, -0.2) is 37.1 Å². The summed E-state index contributed by atoms with van der Waals surface area (Å²) in [5.74, 6) is 0.459. The fraction of sp³-hybridized carbons (Fsp3) is 0.538. The molecule has 0 fully saturated rings. The molecule has 21 heavy (non-hydrogen) atoms. The van der Waals surface area contributed by atoms with Crippen molar-refractivity contribution < 1.29 is 23.0 Å². The van der Waals surface area contributed by atoms with E-state index in [2.05, 4.69) is 5.32 Å². The minimum atomic E-state index is -4.14. The highest BCUT2D eigenvalue weighted by Gasteiger charge is 2.25. The molecule has 0 heterocycles. The quantitative estimate of drug-likeness (QED) is 0.706. The van der Waals surface area contributed by atoms with Crippen molar-refractivity contribution in [2.24, 2.45) is 0 Å². The Labute approximate surface area is 131 Å². The van der Waals surface area contributed by atoms with Gasteiger partial charge in [0.1, 0.15) is 18.5 Å². The van der Waals surface area contributed by atoms with Crippen LogP contribution in [0.2, 0.25) is 10.0 Å². The summed E-state index contributed by atoms with van der Waals surface area (Å²) in [6, 6.07) is 4.70. The Morgan fingerprint density at radius 2 is 1.95 bits per heavy atom. The van der Waals surface area contributed by atoms with Crippen LogP contribution in [-0.2, 0) is 0 Å². The first kappa shape index (κ1) is 18.4. The lowest BCUT2D eigenvalue weighted by Crippen LogP contribution is -2.32. The monoisotopic (exact) mass is 345 g/mol. The van der Waals surface area contributed by atoms with E-state index in [0.29, 0.717) is 15.8 Å². The maximum Gasteiger partial charge on any atom is 0.389 e. The van der Waals surface area contributed by atoms with Crippen LogP contribution < -0.4 is 10.1 Å². The molecular formula is C13H16Cl2F3NO2. The number of ether oxygens (including phenoxy) is 1. The fourth-order valence-electron chi connectivity index (χ4n) is 1.50. The summed E-state index contributed by atoms with van der Waals surface area (Å²) in [6.07, 6.45) is -5.83. The molecule has 0 saturated heterocycles. The second-order valence-electron chi connectivity index (χ2n) is 4.46. The molecule has 1 unspecified atom stereocenters. The first-order chi connectivity index (χ1) is 9.78. The van der Waals surface area contributed by atoms with Crippen LogP contribution in [0.25, 0.3) is 0 Å². The standard InChI is InChI=1S/C13H16Cl2F3NO2/c14-11-3-2-10(6-12(11)15)21-8-9(20)7-19-5-1-4-13(16,17)18/h2-3,6,9,19-20H,1,4-5,7-8H2. The highest BCUT2D eigenvalue weighted by Crippen LogP contribution is 2.26. The maximum absolute atomic E-state index is 11.9. The molecule has 0 radical (unpaired) electrons. The van der Waals surface area contributed by atoms with E-state index < -0.39 is 18.7 Å². The van der Waals surface area contributed by atoms with E-state index in [1.165, 1.54) is 6.07 Å². The molecule has 0 spiro atoms. The van der Waals surface area contributed by atoms with Gasteiger partial charge in [0.2, 0.25) is 0 Å². The summed E-state index contributed by atoms with van der Waals surface area (Å²) < 4.78 is 41.0. The molecule has 8 heteroatoms. The maximum atomic E-state index is 11.9. The van der Waals surface area contributed by atoms with E-state index in [1.54, 1.807) is 12.1 Å². The van der Waals surface area contributed by atoms with Crippen molar-refractivity contribution in [2.45, 2.75) is 25.1 Å². The molecule has 120 valence electrons. The van der Waals surface area contributed by atoms with Crippen LogP contribution in [0.5, 0.6) is 5.75 Å². The number of hydrogen-bond acceptors (Lipinski definition) is 3. The Balaban J connectivity index is 2.16. The highest BCUT2D eigenvalue weighted by atomic mass is 35.5. The largest absolute Gasteiger partial charge is 0.491 e. The van der Waals surface area contributed by atoms with Crippen LogP contribution in [0.4, 0.5) is 13.2 Å². The van der Waals surface area contributed by atoms with Gasteiger partial charge in [-0.25, -0.2) is 0 Å². The second-order valence-corrected chi connectivity index (χ2v) is 5.28. The minimum absolute atomic E-state index is 0.00420. The summed E-state index contributed by atoms with van der Waals surface area (Å²) in [6.45, 7) is 0.340. The Morgan fingerprint density at radius 1 is 1.24 bits per heavy atom. The van der Waals surface area contributed by atoms with Crippen LogP contribution in [0.3, 0.4) is 0 Å². The predicted octanol–water partition coefficient (Wildman–Crippen LogP) is 3.67. The molecule has 0 amide bonds. The molecular weight excluding hydrogens is 330 g/mol. The van der Waals surface area contributed by atoms with Crippen molar-refractivity contribution in [2.75, 3.05) is 19.7 Å².